The lowest BCUT2D eigenvalue weighted by atomic mass is 10.2. The Kier molecular flexibility index (Phi) is 7.23. The fraction of sp³-hybridized carbons (Fsp3) is 0.800. The summed E-state index contributed by atoms with van der Waals surface area (Å²) in [5, 5.41) is 0. The van der Waals surface area contributed by atoms with E-state index in [-0.39, 0.29) is 24.5 Å². The summed E-state index contributed by atoms with van der Waals surface area (Å²) in [6.45, 7) is 6.32. The molecule has 0 amide bonds. The Hall–Kier alpha value is 2.06. The van der Waals surface area contributed by atoms with Gasteiger partial charge in [0.2, 0.25) is 0 Å². The third-order valence-corrected chi connectivity index (χ3v) is 5.58. The maximum absolute atomic E-state index is 5.47. The van der Waals surface area contributed by atoms with Crippen molar-refractivity contribution in [3.05, 3.63) is 11.1 Å². The van der Waals surface area contributed by atoms with E-state index in [2.05, 4.69) is 63.7 Å². The molecule has 2 aliphatic rings. The minimum atomic E-state index is 0. The summed E-state index contributed by atoms with van der Waals surface area (Å²) in [5.41, 5.74) is 2.95. The molecule has 0 radical (unpaired) electrons. The van der Waals surface area contributed by atoms with Crippen molar-refractivity contribution in [1.82, 2.24) is 0 Å². The second-order valence-corrected chi connectivity index (χ2v) is 10.5. The Balaban J connectivity index is 0.00000144. The molecule has 2 heterocycles. The van der Waals surface area contributed by atoms with Gasteiger partial charge in [-0.05, 0) is 0 Å². The zero-order valence-corrected chi connectivity index (χ0v) is 17.1. The van der Waals surface area contributed by atoms with Crippen LogP contribution in [0.25, 0.3) is 0 Å². The second-order valence-electron chi connectivity index (χ2n) is 4.37. The van der Waals surface area contributed by atoms with Crippen molar-refractivity contribution < 1.29 is 26.2 Å². The predicted molar refractivity (Wildman–Crippen MR) is 80.9 cm³/mol. The number of rotatable bonds is 2. The third kappa shape index (κ3) is 4.02. The molecule has 0 aromatic carbocycles. The first-order chi connectivity index (χ1) is 7.54. The van der Waals surface area contributed by atoms with E-state index in [1.807, 2.05) is 0 Å². The van der Waals surface area contributed by atoms with E-state index in [9.17, 15) is 0 Å². The molecule has 17 heavy (non-hydrogen) atoms. The van der Waals surface area contributed by atoms with Crippen LogP contribution in [0.2, 0.25) is 0 Å². The number of morpholine rings is 1. The Morgan fingerprint density at radius 3 is 1.65 bits per heavy atom. The summed E-state index contributed by atoms with van der Waals surface area (Å²) >= 11 is 14.5. The summed E-state index contributed by atoms with van der Waals surface area (Å²) in [7, 11) is 0. The number of hydrogen-bond acceptors (Lipinski definition) is 1. The molecular formula is C10H14Br5NO. The molecule has 2 aliphatic heterocycles. The normalized spacial score (nSPS) is 23.6. The molecule has 2 nitrogen and oxygen atoms in total. The molecule has 7 heteroatoms. The fourth-order valence-corrected chi connectivity index (χ4v) is 4.20. The molecule has 2 rings (SSSR count). The van der Waals surface area contributed by atoms with E-state index in [1.165, 1.54) is 11.1 Å². The van der Waals surface area contributed by atoms with Gasteiger partial charge < -0.3 is 26.2 Å². The largest absolute Gasteiger partial charge is 1.00 e. The molecule has 1 fully saturated rings. The van der Waals surface area contributed by atoms with Crippen molar-refractivity contribution in [2.45, 2.75) is 7.47 Å². The zero-order chi connectivity index (χ0) is 11.8. The number of quaternary nitrogens is 1. The fourth-order valence-electron chi connectivity index (χ4n) is 2.45. The maximum atomic E-state index is 5.47. The summed E-state index contributed by atoms with van der Waals surface area (Å²) < 4.78 is 7.20. The second kappa shape index (κ2) is 7.18. The van der Waals surface area contributed by atoms with Crippen LogP contribution in [0.4, 0.5) is 0 Å². The summed E-state index contributed by atoms with van der Waals surface area (Å²) in [6, 6.07) is 0. The van der Waals surface area contributed by atoms with Crippen LogP contribution in [-0.2, 0) is 4.74 Å². The molecule has 0 N–H and O–H groups in total. The number of halogens is 5. The monoisotopic (exact) mass is 559 g/mol. The van der Waals surface area contributed by atoms with E-state index in [0.717, 1.165) is 43.9 Å². The van der Waals surface area contributed by atoms with Crippen LogP contribution in [0.5, 0.6) is 0 Å². The van der Waals surface area contributed by atoms with Crippen molar-refractivity contribution in [2.24, 2.45) is 0 Å². The van der Waals surface area contributed by atoms with Crippen LogP contribution in [0, 0.1) is 0 Å². The van der Waals surface area contributed by atoms with Crippen molar-refractivity contribution >= 4 is 63.7 Å². The van der Waals surface area contributed by atoms with Gasteiger partial charge in [0.25, 0.3) is 0 Å². The van der Waals surface area contributed by atoms with Crippen molar-refractivity contribution in [3.63, 3.8) is 0 Å². The summed E-state index contributed by atoms with van der Waals surface area (Å²) in [5.74, 6) is 0. The van der Waals surface area contributed by atoms with Crippen molar-refractivity contribution in [1.29, 1.82) is 0 Å². The Morgan fingerprint density at radius 1 is 0.882 bits per heavy atom. The predicted octanol–water partition coefficient (Wildman–Crippen LogP) is 0.379. The number of hydrogen-bond donors (Lipinski definition) is 0. The molecule has 0 aromatic rings. The van der Waals surface area contributed by atoms with Gasteiger partial charge in [-0.1, -0.05) is 63.7 Å². The molecule has 0 saturated carbocycles. The molecule has 1 saturated heterocycles. The minimum Gasteiger partial charge on any atom is -1.00 e. The highest BCUT2D eigenvalue weighted by molar-refractivity contribution is 9.25. The molecule has 0 aromatic heterocycles. The Morgan fingerprint density at radius 2 is 1.29 bits per heavy atom. The van der Waals surface area contributed by atoms with E-state index < -0.39 is 0 Å². The lowest BCUT2D eigenvalue weighted by Crippen LogP contribution is -3.00. The van der Waals surface area contributed by atoms with Crippen LogP contribution >= 0.6 is 63.7 Å². The first-order valence-electron chi connectivity index (χ1n) is 5.25. The van der Waals surface area contributed by atoms with Gasteiger partial charge >= 0.3 is 0 Å². The third-order valence-electron chi connectivity index (χ3n) is 3.37. The number of nitrogens with zero attached hydrogens (tertiary/aromatic N) is 1. The molecule has 100 valence electrons. The Bertz CT molecular complexity index is 277. The van der Waals surface area contributed by atoms with Crippen LogP contribution in [0.3, 0.4) is 0 Å². The van der Waals surface area contributed by atoms with Gasteiger partial charge in [0.05, 0.1) is 20.7 Å². The molecule has 0 aliphatic carbocycles. The smallest absolute Gasteiger partial charge is 0.103 e. The zero-order valence-electron chi connectivity index (χ0n) is 9.14. The SMILES string of the molecule is BrC(Br)C1=C(C(Br)Br)C[N+]2(CCOCC2)C1.[Br-]. The van der Waals surface area contributed by atoms with Crippen LogP contribution in [-0.4, -0.2) is 51.3 Å². The molecule has 0 atom stereocenters. The minimum absolute atomic E-state index is 0. The molecule has 0 unspecified atom stereocenters. The van der Waals surface area contributed by atoms with Crippen LogP contribution in [0.1, 0.15) is 0 Å². The van der Waals surface area contributed by atoms with E-state index in [0.29, 0.717) is 0 Å². The maximum Gasteiger partial charge on any atom is 0.103 e. The first kappa shape index (κ1) is 17.1. The standard InChI is InChI=1S/C10H14Br4NO.BrH/c11-9(12)7-5-15(1-3-16-4-2-15)6-8(7)10(13)14;/h9-10H,1-6H2;1H/q+1;/p-1. The van der Waals surface area contributed by atoms with Crippen molar-refractivity contribution in [2.75, 3.05) is 39.4 Å². The van der Waals surface area contributed by atoms with Gasteiger partial charge in [-0.25, -0.2) is 0 Å². The van der Waals surface area contributed by atoms with E-state index in [4.69, 9.17) is 4.74 Å². The molecule has 0 bridgehead atoms. The number of alkyl halides is 4. The van der Waals surface area contributed by atoms with E-state index >= 15 is 0 Å². The summed E-state index contributed by atoms with van der Waals surface area (Å²) in [4.78, 5) is 0. The van der Waals surface area contributed by atoms with Gasteiger partial charge in [-0.2, -0.15) is 0 Å². The average Bonchev–Trinajstić information content (AvgIpc) is 2.59. The quantitative estimate of drug-likeness (QED) is 0.268. The highest BCUT2D eigenvalue weighted by Crippen LogP contribution is 2.38. The highest BCUT2D eigenvalue weighted by Gasteiger charge is 2.41. The lowest BCUT2D eigenvalue weighted by molar-refractivity contribution is -0.921. The lowest BCUT2D eigenvalue weighted by Gasteiger charge is -2.38. The van der Waals surface area contributed by atoms with Crippen LogP contribution in [0.15, 0.2) is 11.1 Å². The first-order valence-corrected chi connectivity index (χ1v) is 8.91. The topological polar surface area (TPSA) is 9.23 Å². The van der Waals surface area contributed by atoms with Gasteiger partial charge in [0.1, 0.15) is 26.2 Å². The Labute approximate surface area is 146 Å². The molecule has 1 spiro atoms. The molecular weight excluding hydrogens is 550 g/mol. The van der Waals surface area contributed by atoms with E-state index in [1.54, 1.807) is 0 Å². The highest BCUT2D eigenvalue weighted by atomic mass is 79.9. The average molecular weight is 564 g/mol. The number of ether oxygens (including phenoxy) is 1. The van der Waals surface area contributed by atoms with Gasteiger partial charge in [-0.15, -0.1) is 0 Å². The van der Waals surface area contributed by atoms with Crippen molar-refractivity contribution in [3.8, 4) is 0 Å². The van der Waals surface area contributed by atoms with Gasteiger partial charge in [0, 0.05) is 11.1 Å². The van der Waals surface area contributed by atoms with Gasteiger partial charge in [0.15, 0.2) is 0 Å². The summed E-state index contributed by atoms with van der Waals surface area (Å²) in [6.07, 6.45) is 0. The van der Waals surface area contributed by atoms with Gasteiger partial charge in [-0.3, -0.25) is 0 Å². The van der Waals surface area contributed by atoms with Crippen LogP contribution < -0.4 is 17.0 Å².